The van der Waals surface area contributed by atoms with Gasteiger partial charge in [-0.15, -0.1) is 6.58 Å². The monoisotopic (exact) mass is 747 g/mol. The van der Waals surface area contributed by atoms with Crippen LogP contribution < -0.4 is 24.8 Å². The average Bonchev–Trinajstić information content (AvgIpc) is 3.95. The van der Waals surface area contributed by atoms with Gasteiger partial charge in [-0.25, -0.2) is 18.2 Å². The number of pyridine rings is 1. The molecular formula is C35H46ClN5O9S. The Morgan fingerprint density at radius 1 is 1.12 bits per heavy atom. The van der Waals surface area contributed by atoms with E-state index in [2.05, 4.69) is 26.9 Å². The second kappa shape index (κ2) is 13.8. The summed E-state index contributed by atoms with van der Waals surface area (Å²) in [5.41, 5.74) is -3.24. The van der Waals surface area contributed by atoms with Crippen LogP contribution in [0.2, 0.25) is 5.02 Å². The standard InChI is InChI=1S/C35H46ClN5O9S/c1-9-19-16-35(19,31(44)40-51(46,47)22-11-12-22)39-28(42)25-15-21(49-29-24-14-20(36)10-13-23(24)26(48-8)17-37-29)18-41(25)30(43)27(33(2,3)4)38-32(45)50-34(5,6)7/h9-10,13-14,17,19,21-22,25,27H,1,11-12,15-16,18H2,2-8H3,(H,38,45)(H,39,42)(H,40,44)/t19-,21+,25-,27+,35+/m0/s1. The van der Waals surface area contributed by atoms with Crippen LogP contribution in [0.25, 0.3) is 10.8 Å². The van der Waals surface area contributed by atoms with Crippen molar-refractivity contribution in [1.29, 1.82) is 0 Å². The molecule has 3 fully saturated rings. The van der Waals surface area contributed by atoms with Gasteiger partial charge in [0.2, 0.25) is 27.7 Å². The van der Waals surface area contributed by atoms with E-state index < -0.39 is 79.7 Å². The highest BCUT2D eigenvalue weighted by molar-refractivity contribution is 7.91. The highest BCUT2D eigenvalue weighted by atomic mass is 35.5. The summed E-state index contributed by atoms with van der Waals surface area (Å²) in [6.45, 7) is 14.1. The number of benzene rings is 1. The molecule has 4 amide bonds. The van der Waals surface area contributed by atoms with Crippen molar-refractivity contribution in [2.45, 2.75) is 102 Å². The third kappa shape index (κ3) is 8.35. The summed E-state index contributed by atoms with van der Waals surface area (Å²) < 4.78 is 44.7. The number of methoxy groups -OCH3 is 1. The fourth-order valence-electron chi connectivity index (χ4n) is 6.21. The maximum Gasteiger partial charge on any atom is 0.408 e. The number of nitrogens with zero attached hydrogens (tertiary/aromatic N) is 2. The number of nitrogens with one attached hydrogen (secondary N) is 3. The van der Waals surface area contributed by atoms with E-state index in [4.69, 9.17) is 25.8 Å². The molecule has 1 aromatic heterocycles. The molecule has 0 radical (unpaired) electrons. The van der Waals surface area contributed by atoms with Gasteiger partial charge in [0.1, 0.15) is 35.1 Å². The molecule has 3 aliphatic rings. The summed E-state index contributed by atoms with van der Waals surface area (Å²) in [5.74, 6) is -1.99. The van der Waals surface area contributed by atoms with Crippen molar-refractivity contribution in [3.05, 3.63) is 42.1 Å². The van der Waals surface area contributed by atoms with Crippen LogP contribution in [0.1, 0.15) is 67.2 Å². The zero-order valence-corrected chi connectivity index (χ0v) is 31.4. The van der Waals surface area contributed by atoms with E-state index in [1.807, 2.05) is 0 Å². The quantitative estimate of drug-likeness (QED) is 0.286. The SMILES string of the molecule is C=C[C@H]1C[C@]1(NC(=O)[C@@H]1C[C@@H](Oc2ncc(OC)c3ccc(Cl)cc23)CN1C(=O)[C@@H](NC(=O)OC(C)(C)C)C(C)(C)C)C(=O)NS(=O)(=O)C1CC1. The number of aromatic nitrogens is 1. The Kier molecular flexibility index (Phi) is 10.3. The number of hydrogen-bond donors (Lipinski definition) is 3. The summed E-state index contributed by atoms with van der Waals surface area (Å²) >= 11 is 6.32. The van der Waals surface area contributed by atoms with Gasteiger partial charge in [-0.1, -0.05) is 38.4 Å². The van der Waals surface area contributed by atoms with E-state index in [9.17, 15) is 27.6 Å². The van der Waals surface area contributed by atoms with Gasteiger partial charge in [-0.05, 0) is 63.6 Å². The fraction of sp³-hybridized carbons (Fsp3) is 0.571. The van der Waals surface area contributed by atoms with Crippen molar-refractivity contribution in [2.24, 2.45) is 11.3 Å². The van der Waals surface area contributed by atoms with Crippen molar-refractivity contribution in [2.75, 3.05) is 13.7 Å². The highest BCUT2D eigenvalue weighted by Crippen LogP contribution is 2.45. The Bertz CT molecular complexity index is 1850. The summed E-state index contributed by atoms with van der Waals surface area (Å²) in [4.78, 5) is 60.8. The Balaban J connectivity index is 1.46. The minimum Gasteiger partial charge on any atom is -0.494 e. The van der Waals surface area contributed by atoms with Crippen molar-refractivity contribution in [1.82, 2.24) is 25.2 Å². The molecule has 1 saturated heterocycles. The molecular weight excluding hydrogens is 702 g/mol. The Morgan fingerprint density at radius 3 is 2.37 bits per heavy atom. The molecule has 16 heteroatoms. The molecule has 3 N–H and O–H groups in total. The first-order chi connectivity index (χ1) is 23.7. The largest absolute Gasteiger partial charge is 0.494 e. The lowest BCUT2D eigenvalue weighted by Crippen LogP contribution is -2.60. The van der Waals surface area contributed by atoms with Crippen LogP contribution in [0, 0.1) is 11.3 Å². The number of carbonyl (C=O) groups excluding carboxylic acids is 4. The maximum atomic E-state index is 14.4. The van der Waals surface area contributed by atoms with Gasteiger partial charge >= 0.3 is 6.09 Å². The molecule has 2 saturated carbocycles. The number of alkyl carbamates (subject to hydrolysis) is 1. The van der Waals surface area contributed by atoms with Gasteiger partial charge in [-0.3, -0.25) is 19.1 Å². The van der Waals surface area contributed by atoms with E-state index >= 15 is 0 Å². The predicted octanol–water partition coefficient (Wildman–Crippen LogP) is 3.85. The number of fused-ring (bicyclic) bond motifs is 1. The molecule has 1 aliphatic heterocycles. The number of ether oxygens (including phenoxy) is 3. The molecule has 1 aromatic carbocycles. The minimum absolute atomic E-state index is 0.0204. The van der Waals surface area contributed by atoms with Crippen LogP contribution in [0.3, 0.4) is 0 Å². The van der Waals surface area contributed by atoms with E-state index in [0.717, 1.165) is 0 Å². The smallest absolute Gasteiger partial charge is 0.408 e. The first-order valence-electron chi connectivity index (χ1n) is 16.8. The first-order valence-corrected chi connectivity index (χ1v) is 18.7. The van der Waals surface area contributed by atoms with Gasteiger partial charge in [0, 0.05) is 28.1 Å². The first kappa shape index (κ1) is 38.1. The zero-order chi connectivity index (χ0) is 37.7. The number of hydrogen-bond acceptors (Lipinski definition) is 10. The van der Waals surface area contributed by atoms with Crippen molar-refractivity contribution >= 4 is 56.2 Å². The molecule has 5 rings (SSSR count). The second-order valence-corrected chi connectivity index (χ2v) is 17.8. The van der Waals surface area contributed by atoms with Crippen molar-refractivity contribution in [3.63, 3.8) is 0 Å². The molecule has 2 heterocycles. The van der Waals surface area contributed by atoms with Gasteiger partial charge in [0.05, 0.1) is 25.1 Å². The lowest BCUT2D eigenvalue weighted by molar-refractivity contribution is -0.143. The summed E-state index contributed by atoms with van der Waals surface area (Å²) in [6.07, 6.45) is 2.40. The molecule has 14 nitrogen and oxygen atoms in total. The third-order valence-electron chi connectivity index (χ3n) is 9.15. The van der Waals surface area contributed by atoms with Crippen LogP contribution in [0.5, 0.6) is 11.6 Å². The van der Waals surface area contributed by atoms with E-state index in [1.54, 1.807) is 59.7 Å². The van der Waals surface area contributed by atoms with Crippen LogP contribution in [0.4, 0.5) is 4.79 Å². The number of likely N-dealkylation sites (tertiary alicyclic amines) is 1. The predicted molar refractivity (Wildman–Crippen MR) is 190 cm³/mol. The second-order valence-electron chi connectivity index (χ2n) is 15.4. The number of sulfonamides is 1. The maximum absolute atomic E-state index is 14.4. The lowest BCUT2D eigenvalue weighted by Gasteiger charge is -2.36. The number of rotatable bonds is 11. The molecule has 0 bridgehead atoms. The Labute approximate surface area is 303 Å². The fourth-order valence-corrected chi connectivity index (χ4v) is 7.75. The van der Waals surface area contributed by atoms with Crippen LogP contribution >= 0.6 is 11.6 Å². The minimum atomic E-state index is -3.91. The number of halogens is 1. The molecule has 0 spiro atoms. The third-order valence-corrected chi connectivity index (χ3v) is 11.2. The van der Waals surface area contributed by atoms with Gasteiger partial charge in [0.15, 0.2) is 0 Å². The van der Waals surface area contributed by atoms with Gasteiger partial charge < -0.3 is 29.7 Å². The highest BCUT2D eigenvalue weighted by Gasteiger charge is 2.62. The average molecular weight is 748 g/mol. The topological polar surface area (TPSA) is 182 Å². The van der Waals surface area contributed by atoms with E-state index in [0.29, 0.717) is 34.4 Å². The lowest BCUT2D eigenvalue weighted by atomic mass is 9.85. The van der Waals surface area contributed by atoms with Gasteiger partial charge in [0.25, 0.3) is 5.91 Å². The molecule has 51 heavy (non-hydrogen) atoms. The van der Waals surface area contributed by atoms with Crippen molar-refractivity contribution in [3.8, 4) is 11.6 Å². The molecule has 5 atom stereocenters. The summed E-state index contributed by atoms with van der Waals surface area (Å²) in [7, 11) is -2.40. The van der Waals surface area contributed by atoms with Gasteiger partial charge in [-0.2, -0.15) is 0 Å². The van der Waals surface area contributed by atoms with Crippen LogP contribution in [-0.2, 0) is 29.1 Å². The van der Waals surface area contributed by atoms with E-state index in [1.165, 1.54) is 24.3 Å². The van der Waals surface area contributed by atoms with Crippen LogP contribution in [-0.4, -0.2) is 90.3 Å². The summed E-state index contributed by atoms with van der Waals surface area (Å²) in [6, 6.07) is 2.82. The molecule has 2 aliphatic carbocycles. The summed E-state index contributed by atoms with van der Waals surface area (Å²) in [5, 5.41) is 6.45. The van der Waals surface area contributed by atoms with Crippen molar-refractivity contribution < 1.29 is 41.8 Å². The molecule has 2 aromatic rings. The van der Waals surface area contributed by atoms with Crippen LogP contribution in [0.15, 0.2) is 37.1 Å². The Morgan fingerprint density at radius 2 is 1.80 bits per heavy atom. The van der Waals surface area contributed by atoms with E-state index in [-0.39, 0.29) is 25.3 Å². The number of amides is 4. The number of carbonyl (C=O) groups is 4. The normalized spacial score (nSPS) is 23.9. The zero-order valence-electron chi connectivity index (χ0n) is 29.9. The molecule has 278 valence electrons. The molecule has 0 unspecified atom stereocenters. The Hall–Kier alpha value is -4.11.